The number of aromatic nitrogens is 1. The van der Waals surface area contributed by atoms with Gasteiger partial charge in [-0.15, -0.1) is 0 Å². The van der Waals surface area contributed by atoms with Gasteiger partial charge in [-0.2, -0.15) is 0 Å². The van der Waals surface area contributed by atoms with Gasteiger partial charge in [0.2, 0.25) is 0 Å². The minimum atomic E-state index is -0.722. The van der Waals surface area contributed by atoms with Crippen molar-refractivity contribution in [1.29, 1.82) is 0 Å². The first kappa shape index (κ1) is 15.1. The Balaban J connectivity index is 2.23. The van der Waals surface area contributed by atoms with E-state index in [4.69, 9.17) is 0 Å². The van der Waals surface area contributed by atoms with Crippen LogP contribution in [0.1, 0.15) is 0 Å². The maximum Gasteiger partial charge on any atom is 0.285 e. The molecule has 1 N–H and O–H groups in total. The highest BCUT2D eigenvalue weighted by molar-refractivity contribution is 5.95. The minimum Gasteiger partial charge on any atom is -0.354 e. The van der Waals surface area contributed by atoms with E-state index < -0.39 is 26.1 Å². The Labute approximate surface area is 132 Å². The number of nitrogens with zero attached hydrogens (tertiary/aromatic N) is 3. The quantitative estimate of drug-likeness (QED) is 0.572. The molecule has 3 rings (SSSR count). The first-order chi connectivity index (χ1) is 11.4. The largest absolute Gasteiger partial charge is 0.354 e. The normalized spacial score (nSPS) is 10.7. The van der Waals surface area contributed by atoms with E-state index in [2.05, 4.69) is 4.98 Å². The summed E-state index contributed by atoms with van der Waals surface area (Å²) in [6.07, 6.45) is 0. The minimum absolute atomic E-state index is 0.133. The molecular formula is C14H8N4O6. The molecule has 0 amide bonds. The number of hydrogen-bond acceptors (Lipinski definition) is 6. The summed E-state index contributed by atoms with van der Waals surface area (Å²) in [7, 11) is 0. The Bertz CT molecular complexity index is 1010. The summed E-state index contributed by atoms with van der Waals surface area (Å²) in [4.78, 5) is 33.8. The SMILES string of the molecule is O=[N+]([O-])c1cccc(-c2cc3c([N+](=O)[O-])cc([N+](=O)[O-])cc3[nH]2)c1. The van der Waals surface area contributed by atoms with E-state index in [1.807, 2.05) is 0 Å². The fourth-order valence-corrected chi connectivity index (χ4v) is 2.40. The summed E-state index contributed by atoms with van der Waals surface area (Å²) in [5.74, 6) is 0. The van der Waals surface area contributed by atoms with Crippen LogP contribution in [-0.4, -0.2) is 19.8 Å². The molecule has 0 radical (unpaired) electrons. The third-order valence-corrected chi connectivity index (χ3v) is 3.48. The Hall–Kier alpha value is -3.82. The fraction of sp³-hybridized carbons (Fsp3) is 0. The Kier molecular flexibility index (Phi) is 3.41. The van der Waals surface area contributed by atoms with Gasteiger partial charge in [-0.25, -0.2) is 0 Å². The lowest BCUT2D eigenvalue weighted by Gasteiger charge is -1.97. The number of aromatic amines is 1. The lowest BCUT2D eigenvalue weighted by molar-refractivity contribution is -0.393. The molecule has 24 heavy (non-hydrogen) atoms. The van der Waals surface area contributed by atoms with Crippen LogP contribution in [0.25, 0.3) is 22.2 Å². The number of benzene rings is 2. The smallest absolute Gasteiger partial charge is 0.285 e. The highest BCUT2D eigenvalue weighted by Gasteiger charge is 2.21. The van der Waals surface area contributed by atoms with Crippen LogP contribution >= 0.6 is 0 Å². The van der Waals surface area contributed by atoms with E-state index in [0.29, 0.717) is 11.3 Å². The summed E-state index contributed by atoms with van der Waals surface area (Å²) in [6, 6.07) is 9.21. The molecule has 0 saturated carbocycles. The number of H-pyrrole nitrogens is 1. The summed E-state index contributed by atoms with van der Waals surface area (Å²) in [6.45, 7) is 0. The van der Waals surface area contributed by atoms with Gasteiger partial charge in [-0.1, -0.05) is 12.1 Å². The van der Waals surface area contributed by atoms with Crippen molar-refractivity contribution in [3.05, 3.63) is 72.8 Å². The number of nitrogens with one attached hydrogen (secondary N) is 1. The van der Waals surface area contributed by atoms with Gasteiger partial charge in [0.25, 0.3) is 17.1 Å². The summed E-state index contributed by atoms with van der Waals surface area (Å²) in [5.41, 5.74) is 0.0764. The van der Waals surface area contributed by atoms with Crippen LogP contribution in [0.2, 0.25) is 0 Å². The monoisotopic (exact) mass is 328 g/mol. The van der Waals surface area contributed by atoms with Gasteiger partial charge in [-0.05, 0) is 6.07 Å². The van der Waals surface area contributed by atoms with E-state index in [1.54, 1.807) is 6.07 Å². The third kappa shape index (κ3) is 2.52. The van der Waals surface area contributed by atoms with Gasteiger partial charge in [0, 0.05) is 29.5 Å². The topological polar surface area (TPSA) is 145 Å². The average molecular weight is 328 g/mol. The van der Waals surface area contributed by atoms with E-state index in [1.165, 1.54) is 30.3 Å². The molecule has 2 aromatic carbocycles. The molecule has 0 spiro atoms. The molecule has 0 aliphatic heterocycles. The molecular weight excluding hydrogens is 320 g/mol. The van der Waals surface area contributed by atoms with Crippen LogP contribution in [0.5, 0.6) is 0 Å². The van der Waals surface area contributed by atoms with Gasteiger partial charge in [0.1, 0.15) is 0 Å². The molecule has 10 nitrogen and oxygen atoms in total. The van der Waals surface area contributed by atoms with E-state index in [-0.39, 0.29) is 16.6 Å². The second-order valence-electron chi connectivity index (χ2n) is 4.93. The van der Waals surface area contributed by atoms with E-state index in [0.717, 1.165) is 6.07 Å². The van der Waals surface area contributed by atoms with Gasteiger partial charge in [0.05, 0.1) is 31.7 Å². The number of nitro groups is 3. The van der Waals surface area contributed by atoms with Crippen molar-refractivity contribution in [2.45, 2.75) is 0 Å². The second kappa shape index (κ2) is 5.43. The predicted octanol–water partition coefficient (Wildman–Crippen LogP) is 3.56. The maximum absolute atomic E-state index is 11.2. The van der Waals surface area contributed by atoms with Crippen LogP contribution in [0.3, 0.4) is 0 Å². The van der Waals surface area contributed by atoms with Crippen molar-refractivity contribution < 1.29 is 14.8 Å². The molecule has 1 aromatic heterocycles. The molecule has 10 heteroatoms. The van der Waals surface area contributed by atoms with Gasteiger partial charge in [-0.3, -0.25) is 30.3 Å². The van der Waals surface area contributed by atoms with E-state index in [9.17, 15) is 30.3 Å². The fourth-order valence-electron chi connectivity index (χ4n) is 2.40. The molecule has 120 valence electrons. The van der Waals surface area contributed by atoms with Gasteiger partial charge in [0.15, 0.2) is 0 Å². The Morgan fingerprint density at radius 2 is 1.50 bits per heavy atom. The average Bonchev–Trinajstić information content (AvgIpc) is 2.97. The number of hydrogen-bond donors (Lipinski definition) is 1. The Morgan fingerprint density at radius 3 is 2.12 bits per heavy atom. The summed E-state index contributed by atoms with van der Waals surface area (Å²) >= 11 is 0. The highest BCUT2D eigenvalue weighted by atomic mass is 16.6. The standard InChI is InChI=1S/C14H8N4O6/c19-16(20)9-3-1-2-8(4-9)12-7-11-13(15-12)5-10(17(21)22)6-14(11)18(23)24/h1-7,15H. The van der Waals surface area contributed by atoms with E-state index >= 15 is 0 Å². The van der Waals surface area contributed by atoms with Crippen molar-refractivity contribution in [2.75, 3.05) is 0 Å². The summed E-state index contributed by atoms with van der Waals surface area (Å²) in [5, 5.41) is 33.1. The lowest BCUT2D eigenvalue weighted by Crippen LogP contribution is -1.93. The van der Waals surface area contributed by atoms with Crippen LogP contribution < -0.4 is 0 Å². The van der Waals surface area contributed by atoms with Crippen molar-refractivity contribution in [2.24, 2.45) is 0 Å². The molecule has 0 atom stereocenters. The number of nitro benzene ring substituents is 3. The highest BCUT2D eigenvalue weighted by Crippen LogP contribution is 2.34. The first-order valence-electron chi connectivity index (χ1n) is 6.57. The molecule has 0 saturated heterocycles. The molecule has 1 heterocycles. The van der Waals surface area contributed by atoms with Crippen LogP contribution in [0, 0.1) is 30.3 Å². The second-order valence-corrected chi connectivity index (χ2v) is 4.93. The zero-order valence-electron chi connectivity index (χ0n) is 11.8. The third-order valence-electron chi connectivity index (χ3n) is 3.48. The zero-order valence-corrected chi connectivity index (χ0v) is 11.8. The molecule has 0 unspecified atom stereocenters. The number of fused-ring (bicyclic) bond motifs is 1. The van der Waals surface area contributed by atoms with Crippen LogP contribution in [0.15, 0.2) is 42.5 Å². The van der Waals surface area contributed by atoms with Crippen molar-refractivity contribution >= 4 is 28.0 Å². The van der Waals surface area contributed by atoms with Crippen LogP contribution in [0.4, 0.5) is 17.1 Å². The van der Waals surface area contributed by atoms with Crippen molar-refractivity contribution in [3.63, 3.8) is 0 Å². The summed E-state index contributed by atoms with van der Waals surface area (Å²) < 4.78 is 0. The molecule has 0 bridgehead atoms. The lowest BCUT2D eigenvalue weighted by atomic mass is 10.1. The molecule has 0 aliphatic carbocycles. The van der Waals surface area contributed by atoms with Crippen molar-refractivity contribution in [1.82, 2.24) is 4.98 Å². The van der Waals surface area contributed by atoms with Gasteiger partial charge >= 0.3 is 0 Å². The maximum atomic E-state index is 11.2. The Morgan fingerprint density at radius 1 is 0.792 bits per heavy atom. The van der Waals surface area contributed by atoms with Crippen molar-refractivity contribution in [3.8, 4) is 11.3 Å². The number of rotatable bonds is 4. The molecule has 0 aliphatic rings. The molecule has 3 aromatic rings. The van der Waals surface area contributed by atoms with Crippen LogP contribution in [-0.2, 0) is 0 Å². The molecule has 0 fully saturated rings. The first-order valence-corrected chi connectivity index (χ1v) is 6.57. The van der Waals surface area contributed by atoms with Gasteiger partial charge < -0.3 is 4.98 Å². The predicted molar refractivity (Wildman–Crippen MR) is 83.7 cm³/mol. The zero-order chi connectivity index (χ0) is 17.4. The number of non-ortho nitro benzene ring substituents is 3.